The summed E-state index contributed by atoms with van der Waals surface area (Å²) >= 11 is 0. The van der Waals surface area contributed by atoms with Gasteiger partial charge in [-0.05, 0) is 58.4 Å². The molecule has 0 radical (unpaired) electrons. The smallest absolute Gasteiger partial charge is 0.407 e. The minimum Gasteiger partial charge on any atom is -0.492 e. The van der Waals surface area contributed by atoms with Gasteiger partial charge in [0.25, 0.3) is 0 Å². The monoisotopic (exact) mass is 364 g/mol. The van der Waals surface area contributed by atoms with Crippen LogP contribution < -0.4 is 10.1 Å². The second-order valence-electron chi connectivity index (χ2n) is 7.58. The highest BCUT2D eigenvalue weighted by atomic mass is 16.6. The third kappa shape index (κ3) is 6.54. The number of carbonyl (C=O) groups excluding carboxylic acids is 2. The van der Waals surface area contributed by atoms with E-state index in [-0.39, 0.29) is 12.1 Å². The van der Waals surface area contributed by atoms with Gasteiger partial charge >= 0.3 is 12.1 Å². The van der Waals surface area contributed by atoms with Crippen molar-refractivity contribution in [3.63, 3.8) is 0 Å². The molecular weight excluding hydrogens is 336 g/mol. The molecule has 1 aliphatic rings. The van der Waals surface area contributed by atoms with E-state index in [0.29, 0.717) is 23.8 Å². The van der Waals surface area contributed by atoms with E-state index >= 15 is 0 Å². The van der Waals surface area contributed by atoms with Crippen molar-refractivity contribution in [2.75, 3.05) is 13.7 Å². The lowest BCUT2D eigenvalue weighted by Crippen LogP contribution is -2.41. The summed E-state index contributed by atoms with van der Waals surface area (Å²) in [5.41, 5.74) is -0.114. The first-order valence-electron chi connectivity index (χ1n) is 8.92. The van der Waals surface area contributed by atoms with Crippen LogP contribution in [0.1, 0.15) is 56.8 Å². The number of aromatic nitrogens is 1. The fourth-order valence-electron chi connectivity index (χ4n) is 2.89. The summed E-state index contributed by atoms with van der Waals surface area (Å²) in [5.74, 6) is 0.534. The number of nitrogens with zero attached hydrogens (tertiary/aromatic N) is 1. The Hall–Kier alpha value is -2.31. The Kier molecular flexibility index (Phi) is 6.83. The predicted octanol–water partition coefficient (Wildman–Crippen LogP) is 3.33. The molecule has 0 aliphatic heterocycles. The van der Waals surface area contributed by atoms with Gasteiger partial charge in [0.15, 0.2) is 0 Å². The van der Waals surface area contributed by atoms with Gasteiger partial charge in [-0.1, -0.05) is 0 Å². The topological polar surface area (TPSA) is 86.8 Å². The number of hydrogen-bond acceptors (Lipinski definition) is 6. The van der Waals surface area contributed by atoms with Gasteiger partial charge in [0.2, 0.25) is 0 Å². The highest BCUT2D eigenvalue weighted by Gasteiger charge is 2.25. The van der Waals surface area contributed by atoms with Crippen molar-refractivity contribution in [1.29, 1.82) is 0 Å². The van der Waals surface area contributed by atoms with Gasteiger partial charge in [0, 0.05) is 12.2 Å². The van der Waals surface area contributed by atoms with Crippen molar-refractivity contribution in [2.24, 2.45) is 5.92 Å². The lowest BCUT2D eigenvalue weighted by Gasteiger charge is -2.30. The van der Waals surface area contributed by atoms with Crippen LogP contribution in [0.4, 0.5) is 4.79 Å². The number of esters is 1. The summed E-state index contributed by atoms with van der Waals surface area (Å²) in [6.07, 6.45) is 6.40. The van der Waals surface area contributed by atoms with Crippen molar-refractivity contribution < 1.29 is 23.8 Å². The van der Waals surface area contributed by atoms with E-state index in [1.807, 2.05) is 20.8 Å². The maximum Gasteiger partial charge on any atom is 0.407 e. The van der Waals surface area contributed by atoms with Crippen LogP contribution in [-0.2, 0) is 9.47 Å². The number of pyridine rings is 1. The first-order valence-corrected chi connectivity index (χ1v) is 8.92. The van der Waals surface area contributed by atoms with Crippen molar-refractivity contribution >= 4 is 12.1 Å². The van der Waals surface area contributed by atoms with Crippen molar-refractivity contribution in [3.05, 3.63) is 24.0 Å². The minimum absolute atomic E-state index is 0.144. The summed E-state index contributed by atoms with van der Waals surface area (Å²) in [6.45, 7) is 6.12. The van der Waals surface area contributed by atoms with Crippen LogP contribution in [0.5, 0.6) is 5.75 Å². The third-order valence-electron chi connectivity index (χ3n) is 4.19. The number of ether oxygens (including phenoxy) is 3. The Morgan fingerprint density at radius 1 is 1.19 bits per heavy atom. The Labute approximate surface area is 154 Å². The summed E-state index contributed by atoms with van der Waals surface area (Å²) in [4.78, 5) is 27.4. The lowest BCUT2D eigenvalue weighted by molar-refractivity contribution is 0.0482. The predicted molar refractivity (Wildman–Crippen MR) is 96.2 cm³/mol. The molecule has 7 nitrogen and oxygen atoms in total. The molecule has 1 N–H and O–H groups in total. The van der Waals surface area contributed by atoms with Crippen molar-refractivity contribution in [3.8, 4) is 5.75 Å². The second kappa shape index (κ2) is 8.87. The van der Waals surface area contributed by atoms with Crippen LogP contribution in [-0.4, -0.2) is 42.4 Å². The van der Waals surface area contributed by atoms with Gasteiger partial charge in [-0.3, -0.25) is 4.98 Å². The number of amides is 1. The fraction of sp³-hybridized carbons (Fsp3) is 0.632. The molecule has 1 aromatic rings. The molecule has 144 valence electrons. The summed E-state index contributed by atoms with van der Waals surface area (Å²) in [5, 5.41) is 2.93. The average Bonchev–Trinajstić information content (AvgIpc) is 2.59. The molecule has 1 amide bonds. The van der Waals surface area contributed by atoms with Gasteiger partial charge < -0.3 is 19.5 Å². The Morgan fingerprint density at radius 3 is 2.50 bits per heavy atom. The van der Waals surface area contributed by atoms with Gasteiger partial charge in [-0.15, -0.1) is 0 Å². The highest BCUT2D eigenvalue weighted by Crippen LogP contribution is 2.25. The molecule has 2 rings (SSSR count). The molecule has 1 saturated carbocycles. The molecule has 1 fully saturated rings. The minimum atomic E-state index is -0.484. The Bertz CT molecular complexity index is 619. The van der Waals surface area contributed by atoms with E-state index in [9.17, 15) is 9.59 Å². The normalized spacial score (nSPS) is 20.2. The summed E-state index contributed by atoms with van der Waals surface area (Å²) in [6, 6.07) is 1.78. The number of nitrogens with one attached hydrogen (secondary N) is 1. The molecule has 1 aliphatic carbocycles. The maximum atomic E-state index is 11.8. The molecule has 26 heavy (non-hydrogen) atoms. The van der Waals surface area contributed by atoms with Crippen LogP contribution in [0.3, 0.4) is 0 Å². The molecule has 0 bridgehead atoms. The van der Waals surface area contributed by atoms with E-state index in [0.717, 1.165) is 25.7 Å². The lowest BCUT2D eigenvalue weighted by atomic mass is 9.86. The molecule has 1 heterocycles. The zero-order valence-corrected chi connectivity index (χ0v) is 15.9. The Balaban J connectivity index is 1.74. The molecule has 0 atom stereocenters. The van der Waals surface area contributed by atoms with Gasteiger partial charge in [-0.25, -0.2) is 9.59 Å². The molecular formula is C19H28N2O5. The van der Waals surface area contributed by atoms with E-state index < -0.39 is 11.6 Å². The highest BCUT2D eigenvalue weighted by molar-refractivity contribution is 5.89. The van der Waals surface area contributed by atoms with Gasteiger partial charge in [-0.2, -0.15) is 0 Å². The van der Waals surface area contributed by atoms with E-state index in [4.69, 9.17) is 9.47 Å². The molecule has 0 aromatic carbocycles. The second-order valence-corrected chi connectivity index (χ2v) is 7.58. The van der Waals surface area contributed by atoms with E-state index in [2.05, 4.69) is 15.0 Å². The molecule has 0 spiro atoms. The zero-order chi connectivity index (χ0) is 19.2. The fourth-order valence-corrected chi connectivity index (χ4v) is 2.89. The number of rotatable bonds is 5. The van der Waals surface area contributed by atoms with Crippen LogP contribution in [0.15, 0.2) is 18.5 Å². The number of methoxy groups -OCH3 is 1. The van der Waals surface area contributed by atoms with Gasteiger partial charge in [0.1, 0.15) is 11.4 Å². The summed E-state index contributed by atoms with van der Waals surface area (Å²) in [7, 11) is 1.33. The number of carbonyl (C=O) groups is 2. The van der Waals surface area contributed by atoms with Crippen molar-refractivity contribution in [2.45, 2.75) is 58.1 Å². The maximum absolute atomic E-state index is 11.8. The van der Waals surface area contributed by atoms with Crippen LogP contribution in [0, 0.1) is 5.92 Å². The van der Waals surface area contributed by atoms with Crippen molar-refractivity contribution in [1.82, 2.24) is 10.3 Å². The number of hydrogen-bond donors (Lipinski definition) is 1. The average molecular weight is 364 g/mol. The first-order chi connectivity index (χ1) is 12.3. The van der Waals surface area contributed by atoms with Crippen LogP contribution >= 0.6 is 0 Å². The van der Waals surface area contributed by atoms with E-state index in [1.165, 1.54) is 13.3 Å². The SMILES string of the molecule is COC(=O)c1cncc(OCC2CCC(NC(=O)OC(C)(C)C)CC2)c1. The Morgan fingerprint density at radius 2 is 1.88 bits per heavy atom. The third-order valence-corrected chi connectivity index (χ3v) is 4.19. The largest absolute Gasteiger partial charge is 0.492 e. The summed E-state index contributed by atoms with van der Waals surface area (Å²) < 4.78 is 15.8. The molecule has 7 heteroatoms. The van der Waals surface area contributed by atoms with Crippen LogP contribution in [0.25, 0.3) is 0 Å². The molecule has 1 aromatic heterocycles. The molecule has 0 unspecified atom stereocenters. The standard InChI is InChI=1S/C19H28N2O5/c1-19(2,3)26-18(23)21-15-7-5-13(6-8-15)12-25-16-9-14(10-20-11-16)17(22)24-4/h9-11,13,15H,5-8,12H2,1-4H3,(H,21,23). The number of alkyl carbamates (subject to hydrolysis) is 1. The first kappa shape index (κ1) is 20.0. The van der Waals surface area contributed by atoms with Crippen LogP contribution in [0.2, 0.25) is 0 Å². The zero-order valence-electron chi connectivity index (χ0n) is 15.9. The van der Waals surface area contributed by atoms with Gasteiger partial charge in [0.05, 0.1) is 25.5 Å². The molecule has 0 saturated heterocycles. The quantitative estimate of drug-likeness (QED) is 0.807. The van der Waals surface area contributed by atoms with E-state index in [1.54, 1.807) is 12.3 Å².